The minimum Gasteiger partial charge on any atom is -0.481 e. The fourth-order valence-corrected chi connectivity index (χ4v) is 4.51. The van der Waals surface area contributed by atoms with Crippen LogP contribution in [0.4, 0.5) is 11.5 Å². The van der Waals surface area contributed by atoms with Gasteiger partial charge in [-0.2, -0.15) is 4.98 Å². The number of aryl methyl sites for hydroxylation is 2. The normalized spacial score (nSPS) is 17.1. The quantitative estimate of drug-likeness (QED) is 0.472. The van der Waals surface area contributed by atoms with E-state index in [0.717, 1.165) is 48.7 Å². The molecule has 2 aliphatic rings. The number of nitrogens with zero attached hydrogens (tertiary/aromatic N) is 4. The summed E-state index contributed by atoms with van der Waals surface area (Å²) in [7, 11) is 2.07. The summed E-state index contributed by atoms with van der Waals surface area (Å²) in [5.41, 5.74) is 2.98. The Hall–Kier alpha value is -3.82. The Labute approximate surface area is 203 Å². The van der Waals surface area contributed by atoms with Gasteiger partial charge in [0.15, 0.2) is 17.3 Å². The lowest BCUT2D eigenvalue weighted by molar-refractivity contribution is -0.137. The summed E-state index contributed by atoms with van der Waals surface area (Å²) in [6, 6.07) is 9.68. The average molecular weight is 480 g/mol. The minimum atomic E-state index is -0.890. The Kier molecular flexibility index (Phi) is 6.43. The van der Waals surface area contributed by atoms with E-state index in [4.69, 9.17) is 19.0 Å². The highest BCUT2D eigenvalue weighted by molar-refractivity contribution is 5.68. The lowest BCUT2D eigenvalue weighted by Gasteiger charge is -2.27. The van der Waals surface area contributed by atoms with Crippen molar-refractivity contribution in [3.05, 3.63) is 53.3 Å². The maximum absolute atomic E-state index is 11.5. The van der Waals surface area contributed by atoms with Crippen LogP contribution in [0.25, 0.3) is 0 Å². The first-order valence-electron chi connectivity index (χ1n) is 11.9. The Morgan fingerprint density at radius 3 is 2.91 bits per heavy atom. The first-order valence-corrected chi connectivity index (χ1v) is 11.9. The molecule has 0 amide bonds. The lowest BCUT2D eigenvalue weighted by atomic mass is 9.92. The van der Waals surface area contributed by atoms with Crippen LogP contribution in [-0.4, -0.2) is 52.6 Å². The molecule has 1 aromatic carbocycles. The molecule has 5 rings (SSSR count). The molecule has 10 nitrogen and oxygen atoms in total. The van der Waals surface area contributed by atoms with E-state index < -0.39 is 5.97 Å². The molecule has 0 radical (unpaired) electrons. The number of carbonyl (C=O) groups is 1. The number of ether oxygens (including phenoxy) is 2. The Morgan fingerprint density at radius 1 is 1.20 bits per heavy atom. The van der Waals surface area contributed by atoms with E-state index in [1.165, 1.54) is 0 Å². The fraction of sp³-hybridized carbons (Fsp3) is 0.440. The number of pyridine rings is 1. The highest BCUT2D eigenvalue weighted by atomic mass is 16.7. The average Bonchev–Trinajstić information content (AvgIpc) is 3.43. The van der Waals surface area contributed by atoms with Gasteiger partial charge in [-0.25, -0.2) is 4.98 Å². The number of benzene rings is 1. The van der Waals surface area contributed by atoms with E-state index in [1.807, 2.05) is 25.1 Å². The van der Waals surface area contributed by atoms with Gasteiger partial charge in [-0.1, -0.05) is 11.2 Å². The van der Waals surface area contributed by atoms with Crippen LogP contribution in [0.1, 0.15) is 48.7 Å². The smallest absolute Gasteiger partial charge is 0.303 e. The van der Waals surface area contributed by atoms with Crippen molar-refractivity contribution in [1.29, 1.82) is 0 Å². The van der Waals surface area contributed by atoms with E-state index in [9.17, 15) is 9.90 Å². The number of nitrogens with one attached hydrogen (secondary N) is 1. The molecule has 184 valence electrons. The third-order valence-corrected chi connectivity index (χ3v) is 6.29. The van der Waals surface area contributed by atoms with Gasteiger partial charge in [0.05, 0.1) is 12.1 Å². The zero-order valence-corrected chi connectivity index (χ0v) is 19.9. The number of rotatable bonds is 9. The van der Waals surface area contributed by atoms with Crippen LogP contribution in [0.3, 0.4) is 0 Å². The summed E-state index contributed by atoms with van der Waals surface area (Å²) < 4.78 is 16.7. The molecule has 0 aliphatic carbocycles. The van der Waals surface area contributed by atoms with Gasteiger partial charge in [0, 0.05) is 51.5 Å². The van der Waals surface area contributed by atoms with E-state index in [0.29, 0.717) is 36.1 Å². The van der Waals surface area contributed by atoms with E-state index in [2.05, 4.69) is 39.5 Å². The van der Waals surface area contributed by atoms with E-state index in [-0.39, 0.29) is 18.6 Å². The summed E-state index contributed by atoms with van der Waals surface area (Å²) >= 11 is 0. The molecule has 2 aromatic heterocycles. The largest absolute Gasteiger partial charge is 0.481 e. The molecule has 2 aliphatic heterocycles. The van der Waals surface area contributed by atoms with Gasteiger partial charge in [-0.15, -0.1) is 0 Å². The minimum absolute atomic E-state index is 0.0554. The number of likely N-dealkylation sites (N-methyl/N-ethyl adjacent to an activating group) is 1. The summed E-state index contributed by atoms with van der Waals surface area (Å²) in [6.07, 6.45) is 2.21. The molecule has 2 atom stereocenters. The molecule has 10 heteroatoms. The second-order valence-electron chi connectivity index (χ2n) is 8.98. The maximum Gasteiger partial charge on any atom is 0.303 e. The van der Waals surface area contributed by atoms with Gasteiger partial charge in [0.2, 0.25) is 12.2 Å². The van der Waals surface area contributed by atoms with Gasteiger partial charge in [-0.05, 0) is 42.7 Å². The van der Waals surface area contributed by atoms with Crippen LogP contribution in [0.2, 0.25) is 0 Å². The molecule has 35 heavy (non-hydrogen) atoms. The number of anilines is 2. The second-order valence-corrected chi connectivity index (χ2v) is 8.98. The van der Waals surface area contributed by atoms with Crippen LogP contribution >= 0.6 is 0 Å². The molecule has 0 saturated carbocycles. The van der Waals surface area contributed by atoms with Gasteiger partial charge in [0.25, 0.3) is 0 Å². The van der Waals surface area contributed by atoms with Crippen molar-refractivity contribution in [2.75, 3.05) is 30.4 Å². The maximum atomic E-state index is 11.5. The zero-order valence-electron chi connectivity index (χ0n) is 19.9. The molecule has 2 unspecified atom stereocenters. The molecular weight excluding hydrogens is 450 g/mol. The van der Waals surface area contributed by atoms with Crippen molar-refractivity contribution in [2.45, 2.75) is 51.2 Å². The number of hydrogen-bond acceptors (Lipinski definition) is 9. The fourth-order valence-electron chi connectivity index (χ4n) is 4.51. The third-order valence-electron chi connectivity index (χ3n) is 6.29. The van der Waals surface area contributed by atoms with Crippen LogP contribution in [0.15, 0.2) is 34.9 Å². The molecule has 2 N–H and O–H groups in total. The Morgan fingerprint density at radius 2 is 2.06 bits per heavy atom. The standard InChI is InChI=1S/C25H29N5O5/c1-15-33-20-9-6-16(12-21(20)34-15)17(14-24(31)32)13-23-28-22(29-35-23)5-3-4-18-7-8-19-25(27-18)26-10-11-30(19)2/h6-9,12,15,17H,3-5,10-11,13-14H2,1-2H3,(H,26,27)(H,31,32). The topological polar surface area (TPSA) is 123 Å². The van der Waals surface area contributed by atoms with Crippen LogP contribution < -0.4 is 19.7 Å². The van der Waals surface area contributed by atoms with Crippen molar-refractivity contribution < 1.29 is 23.9 Å². The summed E-state index contributed by atoms with van der Waals surface area (Å²) in [6.45, 7) is 3.67. The van der Waals surface area contributed by atoms with Crippen LogP contribution in [0.5, 0.6) is 11.5 Å². The number of aromatic nitrogens is 3. The molecule has 0 spiro atoms. The number of carboxylic acid groups (broad SMARTS) is 1. The predicted molar refractivity (Wildman–Crippen MR) is 128 cm³/mol. The molecule has 0 bridgehead atoms. The highest BCUT2D eigenvalue weighted by Crippen LogP contribution is 2.38. The number of carboxylic acids is 1. The summed E-state index contributed by atoms with van der Waals surface area (Å²) in [4.78, 5) is 23.0. The van der Waals surface area contributed by atoms with Crippen molar-refractivity contribution in [1.82, 2.24) is 15.1 Å². The molecule has 0 fully saturated rings. The van der Waals surface area contributed by atoms with Gasteiger partial charge in [0.1, 0.15) is 5.82 Å². The van der Waals surface area contributed by atoms with Crippen molar-refractivity contribution in [3.8, 4) is 11.5 Å². The van der Waals surface area contributed by atoms with Gasteiger partial charge in [-0.3, -0.25) is 4.79 Å². The molecule has 3 aromatic rings. The van der Waals surface area contributed by atoms with Crippen molar-refractivity contribution in [3.63, 3.8) is 0 Å². The van der Waals surface area contributed by atoms with E-state index in [1.54, 1.807) is 0 Å². The zero-order chi connectivity index (χ0) is 24.4. The van der Waals surface area contributed by atoms with Gasteiger partial charge >= 0.3 is 5.97 Å². The molecule has 4 heterocycles. The number of aliphatic carboxylic acids is 1. The Balaban J connectivity index is 1.20. The molecular formula is C25H29N5O5. The summed E-state index contributed by atoms with van der Waals surface area (Å²) in [5.74, 6) is 2.04. The first kappa shape index (κ1) is 22.9. The SMILES string of the molecule is CC1Oc2ccc(C(CC(=O)O)Cc3nc(CCCc4ccc5c(n4)NCCN5C)no3)cc2O1. The van der Waals surface area contributed by atoms with Crippen LogP contribution in [0, 0.1) is 0 Å². The summed E-state index contributed by atoms with van der Waals surface area (Å²) in [5, 5.41) is 16.9. The van der Waals surface area contributed by atoms with Crippen LogP contribution in [-0.2, 0) is 24.1 Å². The van der Waals surface area contributed by atoms with Gasteiger partial charge < -0.3 is 29.3 Å². The second kappa shape index (κ2) is 9.81. The number of hydrogen-bond donors (Lipinski definition) is 2. The third kappa shape index (κ3) is 5.31. The van der Waals surface area contributed by atoms with E-state index >= 15 is 0 Å². The predicted octanol–water partition coefficient (Wildman–Crippen LogP) is 3.42. The highest BCUT2D eigenvalue weighted by Gasteiger charge is 2.25. The lowest BCUT2D eigenvalue weighted by Crippen LogP contribution is -2.31. The monoisotopic (exact) mass is 479 g/mol. The number of fused-ring (bicyclic) bond motifs is 2. The van der Waals surface area contributed by atoms with Crippen molar-refractivity contribution >= 4 is 17.5 Å². The molecule has 0 saturated heterocycles. The first-order chi connectivity index (χ1) is 16.9. The Bertz CT molecular complexity index is 1210. The van der Waals surface area contributed by atoms with Crippen molar-refractivity contribution in [2.24, 2.45) is 0 Å².